The zero-order chi connectivity index (χ0) is 20.7. The fourth-order valence-electron chi connectivity index (χ4n) is 5.21. The Bertz CT molecular complexity index is 780. The summed E-state index contributed by atoms with van der Waals surface area (Å²) in [6.07, 6.45) is 5.16. The van der Waals surface area contributed by atoms with Gasteiger partial charge >= 0.3 is 0 Å². The first-order valence-corrected chi connectivity index (χ1v) is 15.4. The molecule has 1 aliphatic heterocycles. The van der Waals surface area contributed by atoms with Gasteiger partial charge in [0, 0.05) is 12.3 Å². The number of rotatable bonds is 8. The second-order valence-electron chi connectivity index (χ2n) is 8.71. The highest BCUT2D eigenvalue weighted by atomic mass is 28.3. The highest BCUT2D eigenvalue weighted by Crippen LogP contribution is 2.28. The summed E-state index contributed by atoms with van der Waals surface area (Å²) in [4.78, 5) is 0. The molecule has 4 rings (SSSR count). The minimum atomic E-state index is -2.11. The van der Waals surface area contributed by atoms with Gasteiger partial charge < -0.3 is 4.74 Å². The van der Waals surface area contributed by atoms with Crippen molar-refractivity contribution in [3.05, 3.63) is 91.0 Å². The molecule has 1 nitrogen and oxygen atoms in total. The van der Waals surface area contributed by atoms with E-state index in [1.807, 2.05) is 0 Å². The lowest BCUT2D eigenvalue weighted by molar-refractivity contribution is 0.0643. The molecule has 0 N–H and O–H groups in total. The third-order valence-electron chi connectivity index (χ3n) is 6.84. The first-order valence-electron chi connectivity index (χ1n) is 11.6. The SMILES string of the molecule is CCC(C[Si](c1ccccc1)(c1ccccc1)c1ccccc1)[SiH2]C1CCCCO1. The van der Waals surface area contributed by atoms with Gasteiger partial charge in [-0.25, -0.2) is 0 Å². The van der Waals surface area contributed by atoms with Crippen LogP contribution in [0, 0.1) is 0 Å². The zero-order valence-corrected chi connectivity index (χ0v) is 20.6. The Morgan fingerprint density at radius 1 is 0.800 bits per heavy atom. The Labute approximate surface area is 185 Å². The number of benzene rings is 3. The van der Waals surface area contributed by atoms with Crippen molar-refractivity contribution in [2.45, 2.75) is 49.9 Å². The van der Waals surface area contributed by atoms with E-state index in [9.17, 15) is 0 Å². The van der Waals surface area contributed by atoms with Gasteiger partial charge in [-0.1, -0.05) is 110 Å². The molecule has 0 aromatic heterocycles. The maximum absolute atomic E-state index is 6.22. The van der Waals surface area contributed by atoms with Crippen LogP contribution in [0.15, 0.2) is 91.0 Å². The first kappa shape index (κ1) is 21.3. The Hall–Kier alpha value is -1.95. The summed E-state index contributed by atoms with van der Waals surface area (Å²) in [6, 6.07) is 35.4. The lowest BCUT2D eigenvalue weighted by atomic mass is 10.2. The van der Waals surface area contributed by atoms with E-state index >= 15 is 0 Å². The first-order chi connectivity index (χ1) is 14.8. The normalized spacial score (nSPS) is 18.5. The van der Waals surface area contributed by atoms with Crippen LogP contribution in [0.5, 0.6) is 0 Å². The van der Waals surface area contributed by atoms with Crippen LogP contribution >= 0.6 is 0 Å². The molecule has 2 atom stereocenters. The van der Waals surface area contributed by atoms with E-state index in [0.29, 0.717) is 5.73 Å². The summed E-state index contributed by atoms with van der Waals surface area (Å²) in [5, 5.41) is 4.62. The number of hydrogen-bond acceptors (Lipinski definition) is 1. The average molecular weight is 431 g/mol. The second kappa shape index (κ2) is 10.4. The third-order valence-corrected chi connectivity index (χ3v) is 15.3. The van der Waals surface area contributed by atoms with E-state index in [1.165, 1.54) is 31.7 Å². The van der Waals surface area contributed by atoms with Gasteiger partial charge in [0.25, 0.3) is 0 Å². The van der Waals surface area contributed by atoms with Gasteiger partial charge in [0.05, 0.1) is 9.52 Å². The molecule has 2 unspecified atom stereocenters. The van der Waals surface area contributed by atoms with E-state index in [4.69, 9.17) is 4.74 Å². The van der Waals surface area contributed by atoms with Crippen LogP contribution < -0.4 is 15.6 Å². The lowest BCUT2D eigenvalue weighted by Gasteiger charge is -2.37. The van der Waals surface area contributed by atoms with Gasteiger partial charge in [-0.3, -0.25) is 0 Å². The van der Waals surface area contributed by atoms with Gasteiger partial charge in [-0.15, -0.1) is 0 Å². The molecule has 1 fully saturated rings. The van der Waals surface area contributed by atoms with Crippen LogP contribution in [0.1, 0.15) is 32.6 Å². The summed E-state index contributed by atoms with van der Waals surface area (Å²) in [6.45, 7) is 3.38. The molecule has 3 aromatic rings. The van der Waals surface area contributed by atoms with Crippen LogP contribution in [0.3, 0.4) is 0 Å². The van der Waals surface area contributed by atoms with Crippen molar-refractivity contribution < 1.29 is 4.74 Å². The van der Waals surface area contributed by atoms with Gasteiger partial charge in [0.1, 0.15) is 8.07 Å². The number of hydrogen-bond donors (Lipinski definition) is 0. The average Bonchev–Trinajstić information content (AvgIpc) is 2.84. The van der Waals surface area contributed by atoms with Crippen molar-refractivity contribution in [3.8, 4) is 0 Å². The van der Waals surface area contributed by atoms with Gasteiger partial charge in [0.2, 0.25) is 0 Å². The standard InChI is InChI=1S/C27H34OSi2/c1-2-23(29-27-20-12-13-21-28-27)22-30(24-14-6-3-7-15-24,25-16-8-4-9-17-25)26-18-10-5-11-19-26/h3-11,14-19,23,27H,2,12-13,20-22,29H2,1H3. The van der Waals surface area contributed by atoms with Crippen LogP contribution in [-0.2, 0) is 4.74 Å². The fourth-order valence-corrected chi connectivity index (χ4v) is 14.2. The Balaban J connectivity index is 1.79. The highest BCUT2D eigenvalue weighted by Gasteiger charge is 2.41. The molecule has 156 valence electrons. The minimum Gasteiger partial charge on any atom is -0.382 e. The van der Waals surface area contributed by atoms with E-state index in [1.54, 1.807) is 15.6 Å². The van der Waals surface area contributed by atoms with Crippen LogP contribution in [0.25, 0.3) is 0 Å². The molecule has 0 spiro atoms. The second-order valence-corrected chi connectivity index (χ2v) is 15.2. The van der Waals surface area contributed by atoms with E-state index in [2.05, 4.69) is 97.9 Å². The van der Waals surface area contributed by atoms with Gasteiger partial charge in [-0.05, 0) is 40.9 Å². The van der Waals surface area contributed by atoms with Crippen molar-refractivity contribution in [1.82, 2.24) is 0 Å². The summed E-state index contributed by atoms with van der Waals surface area (Å²) < 4.78 is 6.22. The largest absolute Gasteiger partial charge is 0.382 e. The summed E-state index contributed by atoms with van der Waals surface area (Å²) in [5.74, 6) is 0. The monoisotopic (exact) mass is 430 g/mol. The summed E-state index contributed by atoms with van der Waals surface area (Å²) >= 11 is 0. The van der Waals surface area contributed by atoms with Crippen LogP contribution in [0.2, 0.25) is 11.6 Å². The molecular weight excluding hydrogens is 396 g/mol. The van der Waals surface area contributed by atoms with E-state index in [-0.39, 0.29) is 9.52 Å². The third kappa shape index (κ3) is 4.69. The van der Waals surface area contributed by atoms with E-state index in [0.717, 1.165) is 12.1 Å². The molecule has 3 aromatic carbocycles. The Kier molecular flexibility index (Phi) is 7.37. The molecule has 0 bridgehead atoms. The van der Waals surface area contributed by atoms with Crippen molar-refractivity contribution in [1.29, 1.82) is 0 Å². The topological polar surface area (TPSA) is 9.23 Å². The van der Waals surface area contributed by atoms with Crippen LogP contribution in [-0.4, -0.2) is 29.9 Å². The maximum Gasteiger partial charge on any atom is 0.148 e. The predicted molar refractivity (Wildman–Crippen MR) is 135 cm³/mol. The van der Waals surface area contributed by atoms with Gasteiger partial charge in [0.15, 0.2) is 0 Å². The predicted octanol–water partition coefficient (Wildman–Crippen LogP) is 4.05. The molecule has 0 radical (unpaired) electrons. The highest BCUT2D eigenvalue weighted by molar-refractivity contribution is 7.11. The van der Waals surface area contributed by atoms with Crippen LogP contribution in [0.4, 0.5) is 0 Å². The molecule has 1 saturated heterocycles. The summed E-state index contributed by atoms with van der Waals surface area (Å²) in [7, 11) is -2.42. The smallest absolute Gasteiger partial charge is 0.148 e. The summed E-state index contributed by atoms with van der Waals surface area (Å²) in [5.41, 5.74) is 1.39. The van der Waals surface area contributed by atoms with Crippen molar-refractivity contribution in [3.63, 3.8) is 0 Å². The zero-order valence-electron chi connectivity index (χ0n) is 18.2. The molecule has 3 heteroatoms. The van der Waals surface area contributed by atoms with Gasteiger partial charge in [-0.2, -0.15) is 0 Å². The van der Waals surface area contributed by atoms with Crippen molar-refractivity contribution in [2.24, 2.45) is 0 Å². The fraction of sp³-hybridized carbons (Fsp3) is 0.333. The molecule has 1 heterocycles. The molecule has 30 heavy (non-hydrogen) atoms. The van der Waals surface area contributed by atoms with Crippen molar-refractivity contribution in [2.75, 3.05) is 6.61 Å². The molecule has 1 aliphatic rings. The minimum absolute atomic E-state index is 0.302. The quantitative estimate of drug-likeness (QED) is 0.387. The molecular formula is C27H34OSi2. The number of ether oxygens (including phenoxy) is 1. The lowest BCUT2D eigenvalue weighted by Crippen LogP contribution is -2.67. The van der Waals surface area contributed by atoms with Crippen molar-refractivity contribution >= 4 is 33.2 Å². The Morgan fingerprint density at radius 3 is 1.70 bits per heavy atom. The van der Waals surface area contributed by atoms with E-state index < -0.39 is 8.07 Å². The molecule has 0 saturated carbocycles. The molecule has 0 amide bonds. The Morgan fingerprint density at radius 2 is 1.30 bits per heavy atom. The molecule has 0 aliphatic carbocycles. The maximum atomic E-state index is 6.22.